The van der Waals surface area contributed by atoms with Gasteiger partial charge in [-0.25, -0.2) is 9.37 Å². The maximum Gasteiger partial charge on any atom is 0.227 e. The lowest BCUT2D eigenvalue weighted by Crippen LogP contribution is -2.55. The smallest absolute Gasteiger partial charge is 0.227 e. The standard InChI is InChI=1S/C29H27Cl2FN4O4/c1-39-21-4-2-18(3-5-21)15-36-26(37)9-6-22-25(8-7-24(32)27(22)36)40-17-29(38)10-11-35(16-19(29)13-33)28-23(31)12-20(30)14-34-28/h2-5,7-8,12,14,19,38H,6,9-11,15-17H2,1H3/t19-,29+/m0/s1. The SMILES string of the molecule is COc1ccc(CN2C(=O)CCc3c(OC[C@]4(O)CCN(c5ncc(Cl)cc5Cl)C[C@@H]4C#N)ccc(F)c32)cc1. The number of nitrogens with zero attached hydrogens (tertiary/aromatic N) is 4. The molecule has 11 heteroatoms. The third-order valence-electron chi connectivity index (χ3n) is 7.44. The number of piperidine rings is 1. The van der Waals surface area contributed by atoms with E-state index in [2.05, 4.69) is 11.1 Å². The summed E-state index contributed by atoms with van der Waals surface area (Å²) in [6, 6.07) is 13.8. The molecular weight excluding hydrogens is 558 g/mol. The van der Waals surface area contributed by atoms with Gasteiger partial charge in [-0.15, -0.1) is 0 Å². The zero-order chi connectivity index (χ0) is 28.4. The minimum Gasteiger partial charge on any atom is -0.497 e. The second-order valence-corrected chi connectivity index (χ2v) is 10.8. The molecule has 2 aromatic carbocycles. The molecule has 2 atom stereocenters. The van der Waals surface area contributed by atoms with E-state index in [9.17, 15) is 15.2 Å². The second kappa shape index (κ2) is 11.5. The average molecular weight is 585 g/mol. The van der Waals surface area contributed by atoms with Crippen molar-refractivity contribution < 1.29 is 23.8 Å². The predicted molar refractivity (Wildman–Crippen MR) is 150 cm³/mol. The lowest BCUT2D eigenvalue weighted by Gasteiger charge is -2.42. The molecule has 5 rings (SSSR count). The Labute approximate surface area is 241 Å². The number of aliphatic hydroxyl groups is 1. The molecule has 0 saturated carbocycles. The fraction of sp³-hybridized carbons (Fsp3) is 0.345. The second-order valence-electron chi connectivity index (χ2n) is 9.93. The van der Waals surface area contributed by atoms with Crippen molar-refractivity contribution in [3.8, 4) is 17.6 Å². The van der Waals surface area contributed by atoms with Crippen LogP contribution in [0.2, 0.25) is 10.0 Å². The van der Waals surface area contributed by atoms with Gasteiger partial charge in [0.2, 0.25) is 5.91 Å². The zero-order valence-electron chi connectivity index (χ0n) is 21.7. The van der Waals surface area contributed by atoms with Crippen LogP contribution in [0.15, 0.2) is 48.7 Å². The van der Waals surface area contributed by atoms with Gasteiger partial charge in [-0.3, -0.25) is 4.79 Å². The van der Waals surface area contributed by atoms with Gasteiger partial charge in [0.15, 0.2) is 0 Å². The van der Waals surface area contributed by atoms with Crippen molar-refractivity contribution in [1.82, 2.24) is 4.98 Å². The first-order valence-electron chi connectivity index (χ1n) is 12.8. The molecular formula is C29H27Cl2FN4O4. The highest BCUT2D eigenvalue weighted by molar-refractivity contribution is 6.36. The molecule has 40 heavy (non-hydrogen) atoms. The molecule has 1 saturated heterocycles. The average Bonchev–Trinajstić information content (AvgIpc) is 2.95. The molecule has 0 aliphatic carbocycles. The number of aromatic nitrogens is 1. The predicted octanol–water partition coefficient (Wildman–Crippen LogP) is 5.18. The molecule has 0 unspecified atom stereocenters. The third kappa shape index (κ3) is 5.52. The number of methoxy groups -OCH3 is 1. The molecule has 0 bridgehead atoms. The molecule has 1 N–H and O–H groups in total. The van der Waals surface area contributed by atoms with Crippen molar-refractivity contribution in [2.75, 3.05) is 36.6 Å². The summed E-state index contributed by atoms with van der Waals surface area (Å²) in [6.07, 6.45) is 2.19. The number of nitriles is 1. The fourth-order valence-electron chi connectivity index (χ4n) is 5.18. The fourth-order valence-corrected chi connectivity index (χ4v) is 5.68. The van der Waals surface area contributed by atoms with Crippen LogP contribution >= 0.6 is 23.2 Å². The molecule has 1 amide bonds. The van der Waals surface area contributed by atoms with Crippen LogP contribution in [-0.2, 0) is 17.8 Å². The van der Waals surface area contributed by atoms with Gasteiger partial charge in [0.05, 0.1) is 41.4 Å². The van der Waals surface area contributed by atoms with Crippen molar-refractivity contribution in [2.24, 2.45) is 5.92 Å². The van der Waals surface area contributed by atoms with Crippen LogP contribution in [0.5, 0.6) is 11.5 Å². The van der Waals surface area contributed by atoms with Crippen LogP contribution in [0.1, 0.15) is 24.0 Å². The third-order valence-corrected chi connectivity index (χ3v) is 7.92. The summed E-state index contributed by atoms with van der Waals surface area (Å²) in [7, 11) is 1.57. The number of benzene rings is 2. The summed E-state index contributed by atoms with van der Waals surface area (Å²) in [5.74, 6) is 0.0202. The lowest BCUT2D eigenvalue weighted by molar-refractivity contribution is -0.119. The van der Waals surface area contributed by atoms with E-state index in [1.807, 2.05) is 17.0 Å². The number of halogens is 3. The normalized spacial score (nSPS) is 20.6. The Bertz CT molecular complexity index is 1470. The number of hydrogen-bond donors (Lipinski definition) is 1. The van der Waals surface area contributed by atoms with Crippen molar-refractivity contribution in [3.63, 3.8) is 0 Å². The number of carbonyl (C=O) groups is 1. The summed E-state index contributed by atoms with van der Waals surface area (Å²) < 4.78 is 26.4. The largest absolute Gasteiger partial charge is 0.497 e. The lowest BCUT2D eigenvalue weighted by atomic mass is 9.82. The number of carbonyl (C=O) groups excluding carboxylic acids is 1. The Morgan fingerprint density at radius 1 is 1.23 bits per heavy atom. The molecule has 2 aliphatic heterocycles. The van der Waals surface area contributed by atoms with Crippen molar-refractivity contribution in [2.45, 2.75) is 31.4 Å². The van der Waals surface area contributed by atoms with Crippen LogP contribution in [0.3, 0.4) is 0 Å². The number of rotatable bonds is 7. The molecule has 3 heterocycles. The van der Waals surface area contributed by atoms with Crippen LogP contribution in [0.25, 0.3) is 0 Å². The maximum absolute atomic E-state index is 15.2. The summed E-state index contributed by atoms with van der Waals surface area (Å²) in [5, 5.41) is 22.1. The highest BCUT2D eigenvalue weighted by Crippen LogP contribution is 2.40. The van der Waals surface area contributed by atoms with Crippen molar-refractivity contribution in [3.05, 3.63) is 75.7 Å². The van der Waals surface area contributed by atoms with E-state index in [1.165, 1.54) is 23.2 Å². The van der Waals surface area contributed by atoms with Gasteiger partial charge >= 0.3 is 0 Å². The first-order chi connectivity index (χ1) is 19.2. The maximum atomic E-state index is 15.2. The summed E-state index contributed by atoms with van der Waals surface area (Å²) in [6.45, 7) is 0.591. The quantitative estimate of drug-likeness (QED) is 0.408. The molecule has 0 radical (unpaired) electrons. The number of pyridine rings is 1. The van der Waals surface area contributed by atoms with Gasteiger partial charge < -0.3 is 24.4 Å². The summed E-state index contributed by atoms with van der Waals surface area (Å²) >= 11 is 12.3. The molecule has 8 nitrogen and oxygen atoms in total. The Morgan fingerprint density at radius 3 is 2.70 bits per heavy atom. The van der Waals surface area contributed by atoms with E-state index < -0.39 is 17.3 Å². The van der Waals surface area contributed by atoms with Gasteiger partial charge in [-0.1, -0.05) is 35.3 Å². The minimum atomic E-state index is -1.46. The zero-order valence-corrected chi connectivity index (χ0v) is 23.3. The minimum absolute atomic E-state index is 0.173. The first-order valence-corrected chi connectivity index (χ1v) is 13.5. The summed E-state index contributed by atoms with van der Waals surface area (Å²) in [5.41, 5.74) is 0.0889. The van der Waals surface area contributed by atoms with Gasteiger partial charge in [0, 0.05) is 31.3 Å². The van der Waals surface area contributed by atoms with Gasteiger partial charge in [0.1, 0.15) is 35.3 Å². The Hall–Kier alpha value is -3.58. The van der Waals surface area contributed by atoms with E-state index in [0.717, 1.165) is 5.56 Å². The molecule has 208 valence electrons. The number of amides is 1. The van der Waals surface area contributed by atoms with Crippen LogP contribution in [0.4, 0.5) is 15.9 Å². The van der Waals surface area contributed by atoms with E-state index in [1.54, 1.807) is 25.3 Å². The van der Waals surface area contributed by atoms with E-state index >= 15 is 4.39 Å². The summed E-state index contributed by atoms with van der Waals surface area (Å²) in [4.78, 5) is 20.4. The van der Waals surface area contributed by atoms with Crippen LogP contribution < -0.4 is 19.3 Å². The number of fused-ring (bicyclic) bond motifs is 1. The Kier molecular flexibility index (Phi) is 8.04. The van der Waals surface area contributed by atoms with Crippen LogP contribution in [-0.4, -0.2) is 48.4 Å². The highest BCUT2D eigenvalue weighted by Gasteiger charge is 2.44. The molecule has 3 aromatic rings. The van der Waals surface area contributed by atoms with Crippen molar-refractivity contribution in [1.29, 1.82) is 5.26 Å². The van der Waals surface area contributed by atoms with E-state index in [4.69, 9.17) is 32.7 Å². The molecule has 2 aliphatic rings. The monoisotopic (exact) mass is 584 g/mol. The number of ether oxygens (including phenoxy) is 2. The van der Waals surface area contributed by atoms with E-state index in [-0.39, 0.29) is 44.1 Å². The number of hydrogen-bond acceptors (Lipinski definition) is 7. The Balaban J connectivity index is 1.34. The van der Waals surface area contributed by atoms with Crippen molar-refractivity contribution >= 4 is 40.6 Å². The van der Waals surface area contributed by atoms with Gasteiger partial charge in [-0.05, 0) is 48.7 Å². The Morgan fingerprint density at radius 2 is 2.00 bits per heavy atom. The number of anilines is 2. The van der Waals surface area contributed by atoms with Gasteiger partial charge in [-0.2, -0.15) is 5.26 Å². The van der Waals surface area contributed by atoms with E-state index in [0.29, 0.717) is 45.9 Å². The molecule has 1 aromatic heterocycles. The topological polar surface area (TPSA) is 98.9 Å². The molecule has 1 fully saturated rings. The van der Waals surface area contributed by atoms with Gasteiger partial charge in [0.25, 0.3) is 0 Å². The van der Waals surface area contributed by atoms with Crippen LogP contribution in [0, 0.1) is 23.1 Å². The highest BCUT2D eigenvalue weighted by atomic mass is 35.5. The molecule has 0 spiro atoms. The first kappa shape index (κ1) is 28.0.